The Hall–Kier alpha value is -2.97. The zero-order valence-electron chi connectivity index (χ0n) is 16.2. The van der Waals surface area contributed by atoms with Crippen molar-refractivity contribution in [3.05, 3.63) is 119 Å². The number of hydrogen-bond donors (Lipinski definition) is 1. The molecule has 0 fully saturated rings. The number of allylic oxidation sites excluding steroid dienone is 1. The highest BCUT2D eigenvalue weighted by molar-refractivity contribution is 6.31. The molecule has 4 aromatic rings. The Kier molecular flexibility index (Phi) is 4.87. The minimum atomic E-state index is 0.0897. The SMILES string of the molecule is Clc1ccccc1C1c2[nH]c3ccccc3c2CCN1/C=C/Cc1ccccc1. The number of halogens is 1. The molecule has 1 atom stereocenters. The van der Waals surface area contributed by atoms with Crippen LogP contribution < -0.4 is 0 Å². The maximum absolute atomic E-state index is 6.65. The molecule has 1 unspecified atom stereocenters. The molecular formula is C26H23ClN2. The molecule has 0 saturated carbocycles. The molecule has 1 aliphatic heterocycles. The van der Waals surface area contributed by atoms with E-state index in [1.165, 1.54) is 27.7 Å². The number of nitrogens with one attached hydrogen (secondary N) is 1. The predicted octanol–water partition coefficient (Wildman–Crippen LogP) is 6.53. The number of aromatic nitrogens is 1. The Morgan fingerprint density at radius 2 is 1.69 bits per heavy atom. The summed E-state index contributed by atoms with van der Waals surface area (Å²) in [6, 6.07) is 27.5. The topological polar surface area (TPSA) is 19.0 Å². The van der Waals surface area contributed by atoms with Gasteiger partial charge in [0.05, 0.1) is 6.04 Å². The fraction of sp³-hybridized carbons (Fsp3) is 0.154. The summed E-state index contributed by atoms with van der Waals surface area (Å²) in [5.74, 6) is 0. The highest BCUT2D eigenvalue weighted by atomic mass is 35.5. The second-order valence-electron chi connectivity index (χ2n) is 7.55. The highest BCUT2D eigenvalue weighted by Crippen LogP contribution is 2.40. The Morgan fingerprint density at radius 1 is 0.931 bits per heavy atom. The van der Waals surface area contributed by atoms with Gasteiger partial charge in [-0.05, 0) is 47.9 Å². The van der Waals surface area contributed by atoms with E-state index < -0.39 is 0 Å². The quantitative estimate of drug-likeness (QED) is 0.414. The van der Waals surface area contributed by atoms with Gasteiger partial charge in [-0.15, -0.1) is 0 Å². The second-order valence-corrected chi connectivity index (χ2v) is 7.96. The summed E-state index contributed by atoms with van der Waals surface area (Å²) in [6.45, 7) is 0.968. The average molecular weight is 399 g/mol. The standard InChI is InChI=1S/C26H23ClN2/c27-23-14-6-4-13-22(23)26-25-21(20-12-5-7-15-24(20)28-25)16-18-29(26)17-8-11-19-9-2-1-3-10-19/h1-10,12-15,17,26,28H,11,16,18H2/b17-8+. The number of hydrogen-bond acceptors (Lipinski definition) is 1. The summed E-state index contributed by atoms with van der Waals surface area (Å²) in [7, 11) is 0. The van der Waals surface area contributed by atoms with Crippen LogP contribution in [-0.2, 0) is 12.8 Å². The van der Waals surface area contributed by atoms with Gasteiger partial charge < -0.3 is 9.88 Å². The number of para-hydroxylation sites is 1. The first-order valence-corrected chi connectivity index (χ1v) is 10.5. The molecule has 144 valence electrons. The summed E-state index contributed by atoms with van der Waals surface area (Å²) < 4.78 is 0. The number of aromatic amines is 1. The van der Waals surface area contributed by atoms with Gasteiger partial charge in [0.25, 0.3) is 0 Å². The molecular weight excluding hydrogens is 376 g/mol. The molecule has 3 heteroatoms. The summed E-state index contributed by atoms with van der Waals surface area (Å²) in [6.07, 6.45) is 6.45. The lowest BCUT2D eigenvalue weighted by Gasteiger charge is -2.36. The normalized spacial score (nSPS) is 16.4. The molecule has 0 aliphatic carbocycles. The molecule has 1 aromatic heterocycles. The molecule has 0 bridgehead atoms. The van der Waals surface area contributed by atoms with Crippen molar-refractivity contribution in [2.45, 2.75) is 18.9 Å². The van der Waals surface area contributed by atoms with Crippen molar-refractivity contribution in [3.63, 3.8) is 0 Å². The first kappa shape index (κ1) is 18.1. The van der Waals surface area contributed by atoms with Crippen molar-refractivity contribution < 1.29 is 0 Å². The van der Waals surface area contributed by atoms with Gasteiger partial charge in [0.15, 0.2) is 0 Å². The lowest BCUT2D eigenvalue weighted by molar-refractivity contribution is 0.297. The van der Waals surface area contributed by atoms with Crippen molar-refractivity contribution in [3.8, 4) is 0 Å². The first-order valence-electron chi connectivity index (χ1n) is 10.1. The third kappa shape index (κ3) is 3.45. The van der Waals surface area contributed by atoms with Gasteiger partial charge in [-0.2, -0.15) is 0 Å². The van der Waals surface area contributed by atoms with Gasteiger partial charge in [0.1, 0.15) is 0 Å². The van der Waals surface area contributed by atoms with Gasteiger partial charge in [-0.1, -0.05) is 84.4 Å². The number of fused-ring (bicyclic) bond motifs is 3. The van der Waals surface area contributed by atoms with E-state index in [-0.39, 0.29) is 6.04 Å². The van der Waals surface area contributed by atoms with Crippen LogP contribution >= 0.6 is 11.6 Å². The van der Waals surface area contributed by atoms with Crippen molar-refractivity contribution in [2.75, 3.05) is 6.54 Å². The van der Waals surface area contributed by atoms with Crippen LogP contribution in [0.1, 0.15) is 28.4 Å². The molecule has 0 radical (unpaired) electrons. The van der Waals surface area contributed by atoms with E-state index in [9.17, 15) is 0 Å². The maximum atomic E-state index is 6.65. The zero-order valence-corrected chi connectivity index (χ0v) is 16.9. The number of nitrogens with zero attached hydrogens (tertiary/aromatic N) is 1. The van der Waals surface area contributed by atoms with Gasteiger partial charge in [-0.3, -0.25) is 0 Å². The van der Waals surface area contributed by atoms with Gasteiger partial charge in [0.2, 0.25) is 0 Å². The number of benzene rings is 3. The van der Waals surface area contributed by atoms with Gasteiger partial charge in [-0.25, -0.2) is 0 Å². The van der Waals surface area contributed by atoms with Gasteiger partial charge in [0, 0.05) is 28.2 Å². The molecule has 1 aliphatic rings. The molecule has 5 rings (SSSR count). The van der Waals surface area contributed by atoms with E-state index in [0.29, 0.717) is 0 Å². The van der Waals surface area contributed by atoms with Crippen molar-refractivity contribution in [2.24, 2.45) is 0 Å². The molecule has 2 heterocycles. The predicted molar refractivity (Wildman–Crippen MR) is 121 cm³/mol. The van der Waals surface area contributed by atoms with Gasteiger partial charge >= 0.3 is 0 Å². The van der Waals surface area contributed by atoms with E-state index in [0.717, 1.165) is 30.0 Å². The minimum absolute atomic E-state index is 0.0897. The average Bonchev–Trinajstić information content (AvgIpc) is 3.14. The number of rotatable bonds is 4. The van der Waals surface area contributed by atoms with E-state index in [1.807, 2.05) is 12.1 Å². The molecule has 0 saturated heterocycles. The molecule has 0 spiro atoms. The zero-order chi connectivity index (χ0) is 19.6. The minimum Gasteiger partial charge on any atom is -0.365 e. The molecule has 29 heavy (non-hydrogen) atoms. The van der Waals surface area contributed by atoms with Crippen LogP contribution in [0.4, 0.5) is 0 Å². The Labute approximate surface area is 176 Å². The fourth-order valence-electron chi connectivity index (χ4n) is 4.39. The summed E-state index contributed by atoms with van der Waals surface area (Å²) in [5.41, 5.74) is 6.34. The Morgan fingerprint density at radius 3 is 2.55 bits per heavy atom. The lowest BCUT2D eigenvalue weighted by atomic mass is 9.92. The summed E-state index contributed by atoms with van der Waals surface area (Å²) in [5, 5.41) is 2.14. The van der Waals surface area contributed by atoms with E-state index in [1.54, 1.807) is 0 Å². The van der Waals surface area contributed by atoms with Crippen LogP contribution in [0.3, 0.4) is 0 Å². The number of H-pyrrole nitrogens is 1. The third-order valence-electron chi connectivity index (χ3n) is 5.76. The molecule has 3 aromatic carbocycles. The monoisotopic (exact) mass is 398 g/mol. The second kappa shape index (κ2) is 7.81. The van der Waals surface area contributed by atoms with Crippen molar-refractivity contribution in [1.82, 2.24) is 9.88 Å². The van der Waals surface area contributed by atoms with Crippen LogP contribution in [0.15, 0.2) is 91.1 Å². The van der Waals surface area contributed by atoms with Crippen molar-refractivity contribution in [1.29, 1.82) is 0 Å². The molecule has 1 N–H and O–H groups in total. The summed E-state index contributed by atoms with van der Waals surface area (Å²) in [4.78, 5) is 6.11. The Balaban J connectivity index is 1.55. The third-order valence-corrected chi connectivity index (χ3v) is 6.11. The largest absolute Gasteiger partial charge is 0.365 e. The Bertz CT molecular complexity index is 1160. The van der Waals surface area contributed by atoms with Crippen molar-refractivity contribution >= 4 is 22.5 Å². The van der Waals surface area contributed by atoms with Crippen LogP contribution in [0.5, 0.6) is 0 Å². The van der Waals surface area contributed by atoms with E-state index >= 15 is 0 Å². The molecule has 0 amide bonds. The van der Waals surface area contributed by atoms with Crippen LogP contribution in [0, 0.1) is 0 Å². The maximum Gasteiger partial charge on any atom is 0.0956 e. The van der Waals surface area contributed by atoms with Crippen LogP contribution in [-0.4, -0.2) is 16.4 Å². The highest BCUT2D eigenvalue weighted by Gasteiger charge is 2.31. The smallest absolute Gasteiger partial charge is 0.0956 e. The lowest BCUT2D eigenvalue weighted by Crippen LogP contribution is -2.32. The van der Waals surface area contributed by atoms with Crippen LogP contribution in [0.2, 0.25) is 5.02 Å². The fourth-order valence-corrected chi connectivity index (χ4v) is 4.63. The van der Waals surface area contributed by atoms with Crippen LogP contribution in [0.25, 0.3) is 10.9 Å². The molecule has 2 nitrogen and oxygen atoms in total. The van der Waals surface area contributed by atoms with E-state index in [4.69, 9.17) is 11.6 Å². The van der Waals surface area contributed by atoms with E-state index in [2.05, 4.69) is 88.9 Å². The first-order chi connectivity index (χ1) is 14.3. The summed E-state index contributed by atoms with van der Waals surface area (Å²) >= 11 is 6.65.